The molecule has 0 heterocycles. The molecule has 0 saturated heterocycles. The molecule has 0 bridgehead atoms. The van der Waals surface area contributed by atoms with Crippen molar-refractivity contribution >= 4 is 0 Å². The normalized spacial score (nSPS) is 11.6. The highest BCUT2D eigenvalue weighted by Crippen LogP contribution is 2.40. The van der Waals surface area contributed by atoms with Gasteiger partial charge in [-0.2, -0.15) is 0 Å². The molecule has 0 spiro atoms. The zero-order valence-electron chi connectivity index (χ0n) is 32.4. The van der Waals surface area contributed by atoms with Gasteiger partial charge in [-0.05, 0) is 16.7 Å². The summed E-state index contributed by atoms with van der Waals surface area (Å²) >= 11 is 0. The van der Waals surface area contributed by atoms with E-state index < -0.39 is 5.60 Å². The molecule has 3 aromatic rings. The number of benzene rings is 3. The highest BCUT2D eigenvalue weighted by Gasteiger charge is 2.37. The largest absolute Gasteiger partial charge is 0.499 e. The van der Waals surface area contributed by atoms with Crippen LogP contribution in [0.25, 0.3) is 0 Å². The number of ether oxygens (including phenoxy) is 12. The summed E-state index contributed by atoms with van der Waals surface area (Å²) in [5, 5.41) is 0. The second kappa shape index (κ2) is 33.0. The van der Waals surface area contributed by atoms with Crippen molar-refractivity contribution in [1.82, 2.24) is 0 Å². The summed E-state index contributed by atoms with van der Waals surface area (Å²) < 4.78 is 67.1. The first kappa shape index (κ1) is 46.1. The van der Waals surface area contributed by atoms with E-state index in [0.717, 1.165) is 16.7 Å². The number of hydrogen-bond donors (Lipinski definition) is 0. The summed E-state index contributed by atoms with van der Waals surface area (Å²) in [4.78, 5) is 0. The van der Waals surface area contributed by atoms with Crippen molar-refractivity contribution < 1.29 is 56.8 Å². The quantitative estimate of drug-likeness (QED) is 0.0428. The maximum atomic E-state index is 6.73. The average Bonchev–Trinajstić information content (AvgIpc) is 3.23. The van der Waals surface area contributed by atoms with E-state index in [1.165, 1.54) is 6.26 Å². The van der Waals surface area contributed by atoms with Crippen molar-refractivity contribution in [2.24, 2.45) is 0 Å². The lowest BCUT2D eigenvalue weighted by atomic mass is 9.80. The second-order valence-corrected chi connectivity index (χ2v) is 11.8. The molecule has 3 aromatic carbocycles. The molecule has 3 rings (SSSR count). The van der Waals surface area contributed by atoms with E-state index >= 15 is 0 Å². The smallest absolute Gasteiger partial charge is 0.143 e. The summed E-state index contributed by atoms with van der Waals surface area (Å²) in [6, 6.07) is 31.0. The van der Waals surface area contributed by atoms with Gasteiger partial charge in [0, 0.05) is 0 Å². The summed E-state index contributed by atoms with van der Waals surface area (Å²) in [5.74, 6) is 0. The van der Waals surface area contributed by atoms with Crippen LogP contribution in [0.4, 0.5) is 0 Å². The van der Waals surface area contributed by atoms with Crippen LogP contribution in [0, 0.1) is 0 Å². The molecule has 0 amide bonds. The van der Waals surface area contributed by atoms with Gasteiger partial charge in [-0.1, -0.05) is 97.6 Å². The van der Waals surface area contributed by atoms with Gasteiger partial charge in [0.25, 0.3) is 0 Å². The van der Waals surface area contributed by atoms with Crippen LogP contribution in [0.5, 0.6) is 0 Å². The lowest BCUT2D eigenvalue weighted by Gasteiger charge is -2.36. The van der Waals surface area contributed by atoms with Crippen molar-refractivity contribution in [3.63, 3.8) is 0 Å². The van der Waals surface area contributed by atoms with Gasteiger partial charge in [0.05, 0.1) is 145 Å². The van der Waals surface area contributed by atoms with E-state index in [9.17, 15) is 0 Å². The van der Waals surface area contributed by atoms with Gasteiger partial charge in [-0.15, -0.1) is 0 Å². The Labute approximate surface area is 327 Å². The Kier molecular flexibility index (Phi) is 27.6. The maximum absolute atomic E-state index is 6.73. The summed E-state index contributed by atoms with van der Waals surface area (Å²) in [7, 11) is 0. The first-order chi connectivity index (χ1) is 27.4. The second-order valence-electron chi connectivity index (χ2n) is 11.8. The summed E-state index contributed by atoms with van der Waals surface area (Å²) in [6.07, 6.45) is 1.40. The molecule has 0 fully saturated rings. The molecule has 12 nitrogen and oxygen atoms in total. The Hall–Kier alpha value is -3.24. The fourth-order valence-corrected chi connectivity index (χ4v) is 5.29. The number of hydrogen-bond acceptors (Lipinski definition) is 12. The van der Waals surface area contributed by atoms with Crippen LogP contribution in [0.3, 0.4) is 0 Å². The van der Waals surface area contributed by atoms with Crippen LogP contribution in [-0.2, 0) is 62.4 Å². The lowest BCUT2D eigenvalue weighted by molar-refractivity contribution is -0.0399. The highest BCUT2D eigenvalue weighted by molar-refractivity contribution is 5.47. The van der Waals surface area contributed by atoms with Crippen LogP contribution in [0.15, 0.2) is 104 Å². The van der Waals surface area contributed by atoms with E-state index in [1.54, 1.807) is 0 Å². The molecule has 0 saturated carbocycles. The van der Waals surface area contributed by atoms with Gasteiger partial charge in [0.1, 0.15) is 12.2 Å². The van der Waals surface area contributed by atoms with E-state index in [1.807, 2.05) is 54.6 Å². The molecule has 306 valence electrons. The Morgan fingerprint density at radius 3 is 0.764 bits per heavy atom. The molecular weight excluding hydrogens is 708 g/mol. The first-order valence-electron chi connectivity index (χ1n) is 19.2. The van der Waals surface area contributed by atoms with Crippen LogP contribution >= 0.6 is 0 Å². The van der Waals surface area contributed by atoms with Gasteiger partial charge in [0.2, 0.25) is 0 Å². The molecule has 0 atom stereocenters. The van der Waals surface area contributed by atoms with Crippen LogP contribution < -0.4 is 0 Å². The molecular formula is C43H62O12. The van der Waals surface area contributed by atoms with Crippen LogP contribution in [0.1, 0.15) is 16.7 Å². The van der Waals surface area contributed by atoms with Gasteiger partial charge in [0.15, 0.2) is 0 Å². The number of rotatable bonds is 38. The predicted molar refractivity (Wildman–Crippen MR) is 209 cm³/mol. The lowest BCUT2D eigenvalue weighted by Crippen LogP contribution is -2.34. The van der Waals surface area contributed by atoms with Crippen LogP contribution in [-0.4, -0.2) is 145 Å². The third kappa shape index (κ3) is 21.0. The molecule has 0 unspecified atom stereocenters. The van der Waals surface area contributed by atoms with E-state index in [0.29, 0.717) is 145 Å². The van der Waals surface area contributed by atoms with Crippen molar-refractivity contribution in [3.8, 4) is 0 Å². The van der Waals surface area contributed by atoms with E-state index in [2.05, 4.69) is 43.0 Å². The SMILES string of the molecule is C=COCCOCCOCCOCCOCCOCCOCCOCCOCCOCCOCCOC(c1ccccc1)(c1ccccc1)c1ccccc1. The fourth-order valence-electron chi connectivity index (χ4n) is 5.29. The Morgan fingerprint density at radius 1 is 0.309 bits per heavy atom. The third-order valence-corrected chi connectivity index (χ3v) is 7.90. The third-order valence-electron chi connectivity index (χ3n) is 7.90. The summed E-state index contributed by atoms with van der Waals surface area (Å²) in [5.41, 5.74) is 2.45. The molecule has 0 aliphatic heterocycles. The topological polar surface area (TPSA) is 111 Å². The minimum absolute atomic E-state index is 0.415. The average molecular weight is 771 g/mol. The van der Waals surface area contributed by atoms with Crippen molar-refractivity contribution in [2.75, 3.05) is 145 Å². The molecule has 0 N–H and O–H groups in total. The zero-order valence-corrected chi connectivity index (χ0v) is 32.4. The summed E-state index contributed by atoms with van der Waals surface area (Å²) in [6.45, 7) is 14.4. The van der Waals surface area contributed by atoms with Crippen molar-refractivity contribution in [3.05, 3.63) is 121 Å². The predicted octanol–water partition coefficient (Wildman–Crippen LogP) is 5.32. The van der Waals surface area contributed by atoms with Gasteiger partial charge < -0.3 is 56.8 Å². The Bertz CT molecular complexity index is 1170. The van der Waals surface area contributed by atoms with Crippen LogP contribution in [0.2, 0.25) is 0 Å². The van der Waals surface area contributed by atoms with Gasteiger partial charge in [-0.25, -0.2) is 0 Å². The van der Waals surface area contributed by atoms with Gasteiger partial charge in [-0.3, -0.25) is 0 Å². The molecule has 0 aromatic heterocycles. The molecule has 55 heavy (non-hydrogen) atoms. The Morgan fingerprint density at radius 2 is 0.527 bits per heavy atom. The minimum Gasteiger partial charge on any atom is -0.499 e. The monoisotopic (exact) mass is 770 g/mol. The molecule has 12 heteroatoms. The van der Waals surface area contributed by atoms with Crippen molar-refractivity contribution in [2.45, 2.75) is 5.60 Å². The zero-order chi connectivity index (χ0) is 38.6. The molecule has 0 aliphatic rings. The van der Waals surface area contributed by atoms with Gasteiger partial charge >= 0.3 is 0 Å². The van der Waals surface area contributed by atoms with E-state index in [4.69, 9.17) is 56.8 Å². The fraction of sp³-hybridized carbons (Fsp3) is 0.535. The molecule has 0 radical (unpaired) electrons. The maximum Gasteiger partial charge on any atom is 0.143 e. The molecule has 0 aliphatic carbocycles. The minimum atomic E-state index is -0.752. The standard InChI is InChI=1S/C43H62O12/c1-2-44-18-19-45-20-21-46-22-23-47-24-25-48-26-27-49-28-29-50-30-31-51-32-33-52-34-35-53-36-37-54-38-39-55-43(40-12-6-3-7-13-40,41-14-8-4-9-15-41)42-16-10-5-11-17-42/h2-17H,1,18-39H2. The van der Waals surface area contributed by atoms with Crippen molar-refractivity contribution in [1.29, 1.82) is 0 Å². The van der Waals surface area contributed by atoms with E-state index in [-0.39, 0.29) is 0 Å². The first-order valence-corrected chi connectivity index (χ1v) is 19.2. The Balaban J connectivity index is 1.05. The highest BCUT2D eigenvalue weighted by atomic mass is 16.6.